The molecule has 1 amide bonds. The van der Waals surface area contributed by atoms with Gasteiger partial charge in [-0.05, 0) is 25.8 Å². The first-order valence-corrected chi connectivity index (χ1v) is 9.39. The molecule has 1 aliphatic heterocycles. The second-order valence-electron chi connectivity index (χ2n) is 7.06. The molecule has 1 aliphatic rings. The van der Waals surface area contributed by atoms with Crippen molar-refractivity contribution in [3.8, 4) is 0 Å². The molecule has 146 valence electrons. The molecule has 2 heterocycles. The molecule has 0 spiro atoms. The van der Waals surface area contributed by atoms with E-state index in [2.05, 4.69) is 4.98 Å². The summed E-state index contributed by atoms with van der Waals surface area (Å²) in [6.07, 6.45) is 3.50. The Labute approximate surface area is 165 Å². The minimum atomic E-state index is -0.279. The molecule has 0 aliphatic carbocycles. The molecular weight excluding hydrogens is 352 g/mol. The minimum Gasteiger partial charge on any atom is -0.398 e. The van der Waals surface area contributed by atoms with E-state index in [1.165, 1.54) is 6.21 Å². The first kappa shape index (κ1) is 19.5. The number of carbonyl (C=O) groups is 1. The van der Waals surface area contributed by atoms with Crippen molar-refractivity contribution in [2.24, 2.45) is 5.73 Å². The number of nitrogens with one attached hydrogen (secondary N) is 1. The van der Waals surface area contributed by atoms with Crippen LogP contribution in [0.2, 0.25) is 0 Å². The lowest BCUT2D eigenvalue weighted by Gasteiger charge is -2.42. The molecule has 0 saturated heterocycles. The quantitative estimate of drug-likeness (QED) is 0.780. The lowest BCUT2D eigenvalue weighted by molar-refractivity contribution is -0.120. The van der Waals surface area contributed by atoms with Crippen LogP contribution in [0.5, 0.6) is 0 Å². The molecule has 0 saturated carbocycles. The third-order valence-corrected chi connectivity index (χ3v) is 5.01. The number of nitrogens with two attached hydrogens (primary N) is 1. The Morgan fingerprint density at radius 2 is 2.00 bits per heavy atom. The molecule has 1 atom stereocenters. The summed E-state index contributed by atoms with van der Waals surface area (Å²) in [5.41, 5.74) is 8.69. The zero-order valence-electron chi connectivity index (χ0n) is 16.7. The second-order valence-corrected chi connectivity index (χ2v) is 7.06. The number of anilines is 2. The maximum atomic E-state index is 12.8. The molecule has 7 heteroatoms. The molecule has 1 aromatic heterocycles. The lowest BCUT2D eigenvalue weighted by Crippen LogP contribution is -2.55. The van der Waals surface area contributed by atoms with E-state index in [1.807, 2.05) is 56.0 Å². The average molecular weight is 378 g/mol. The number of benzene rings is 1. The molecule has 0 fully saturated rings. The summed E-state index contributed by atoms with van der Waals surface area (Å²) in [5.74, 6) is 1.10. The normalized spacial score (nSPS) is 17.5. The number of carbonyl (C=O) groups excluding carboxylic acids is 1. The van der Waals surface area contributed by atoms with Crippen molar-refractivity contribution >= 4 is 34.9 Å². The molecule has 1 aromatic carbocycles. The van der Waals surface area contributed by atoms with Gasteiger partial charge in [0.1, 0.15) is 11.7 Å². The Morgan fingerprint density at radius 3 is 2.57 bits per heavy atom. The number of nitrogens with zero attached hydrogens (tertiary/aromatic N) is 4. The van der Waals surface area contributed by atoms with Gasteiger partial charge in [0, 0.05) is 19.3 Å². The summed E-state index contributed by atoms with van der Waals surface area (Å²) >= 11 is 0. The maximum Gasteiger partial charge on any atom is 0.249 e. The minimum absolute atomic E-state index is 0.0340. The number of amides is 1. The van der Waals surface area contributed by atoms with E-state index in [0.29, 0.717) is 35.0 Å². The Hall–Kier alpha value is -3.22. The molecular formula is C21H26N6O. The van der Waals surface area contributed by atoms with E-state index in [-0.39, 0.29) is 18.0 Å². The van der Waals surface area contributed by atoms with Crippen LogP contribution in [0.15, 0.2) is 36.5 Å². The number of rotatable bonds is 5. The van der Waals surface area contributed by atoms with Crippen LogP contribution in [-0.4, -0.2) is 41.2 Å². The highest BCUT2D eigenvalue weighted by atomic mass is 16.2. The van der Waals surface area contributed by atoms with E-state index in [4.69, 9.17) is 16.1 Å². The van der Waals surface area contributed by atoms with Gasteiger partial charge in [-0.3, -0.25) is 4.79 Å². The van der Waals surface area contributed by atoms with Gasteiger partial charge in [0.2, 0.25) is 5.91 Å². The first-order valence-electron chi connectivity index (χ1n) is 9.39. The number of allylic oxidation sites excluding steroid dienone is 1. The van der Waals surface area contributed by atoms with Crippen LogP contribution in [0.1, 0.15) is 38.6 Å². The predicted octanol–water partition coefficient (Wildman–Crippen LogP) is 2.92. The van der Waals surface area contributed by atoms with E-state index in [1.54, 1.807) is 18.1 Å². The number of fused-ring (bicyclic) bond motifs is 1. The Kier molecular flexibility index (Phi) is 5.44. The van der Waals surface area contributed by atoms with Crippen molar-refractivity contribution in [1.82, 2.24) is 9.97 Å². The molecule has 0 radical (unpaired) electrons. The van der Waals surface area contributed by atoms with Gasteiger partial charge in [-0.15, -0.1) is 0 Å². The van der Waals surface area contributed by atoms with Crippen molar-refractivity contribution in [3.63, 3.8) is 0 Å². The van der Waals surface area contributed by atoms with Gasteiger partial charge in [0.25, 0.3) is 0 Å². The second kappa shape index (κ2) is 7.80. The maximum absolute atomic E-state index is 12.8. The van der Waals surface area contributed by atoms with E-state index in [0.717, 1.165) is 5.56 Å². The SMILES string of the molecule is CC[C@@H]1C(=O)N(C)c2cnc(C(C=N)=C(N)c3ccccc3)nc2N1C(C)C. The molecule has 28 heavy (non-hydrogen) atoms. The van der Waals surface area contributed by atoms with Crippen LogP contribution in [0.3, 0.4) is 0 Å². The largest absolute Gasteiger partial charge is 0.398 e. The van der Waals surface area contributed by atoms with Crippen LogP contribution in [0.25, 0.3) is 11.3 Å². The van der Waals surface area contributed by atoms with E-state index in [9.17, 15) is 4.79 Å². The Bertz CT molecular complexity index is 922. The molecule has 3 rings (SSSR count). The van der Waals surface area contributed by atoms with Crippen LogP contribution < -0.4 is 15.5 Å². The third-order valence-electron chi connectivity index (χ3n) is 5.01. The highest BCUT2D eigenvalue weighted by Crippen LogP contribution is 2.36. The summed E-state index contributed by atoms with van der Waals surface area (Å²) in [6, 6.07) is 9.28. The van der Waals surface area contributed by atoms with Crippen LogP contribution in [0.4, 0.5) is 11.5 Å². The Balaban J connectivity index is 2.18. The van der Waals surface area contributed by atoms with Crippen LogP contribution >= 0.6 is 0 Å². The highest BCUT2D eigenvalue weighted by Gasteiger charge is 2.38. The highest BCUT2D eigenvalue weighted by molar-refractivity contribution is 6.16. The molecule has 7 nitrogen and oxygen atoms in total. The topological polar surface area (TPSA) is 99.2 Å². The summed E-state index contributed by atoms with van der Waals surface area (Å²) < 4.78 is 0. The van der Waals surface area contributed by atoms with Gasteiger partial charge in [-0.2, -0.15) is 0 Å². The lowest BCUT2D eigenvalue weighted by atomic mass is 10.0. The zero-order valence-corrected chi connectivity index (χ0v) is 16.7. The first-order chi connectivity index (χ1) is 13.4. The summed E-state index contributed by atoms with van der Waals surface area (Å²) in [7, 11) is 1.75. The smallest absolute Gasteiger partial charge is 0.249 e. The standard InChI is InChI=1S/C21H26N6O/c1-5-16-21(28)26(4)17-12-24-19(25-20(17)27(16)13(2)3)15(11-22)18(23)14-9-7-6-8-10-14/h6-13,16,22H,5,23H2,1-4H3/t16-/m1/s1. The fourth-order valence-electron chi connectivity index (χ4n) is 3.54. The van der Waals surface area contributed by atoms with E-state index < -0.39 is 0 Å². The number of hydrogen-bond donors (Lipinski definition) is 2. The van der Waals surface area contributed by atoms with Gasteiger partial charge >= 0.3 is 0 Å². The van der Waals surface area contributed by atoms with Crippen molar-refractivity contribution in [2.75, 3.05) is 16.8 Å². The molecule has 3 N–H and O–H groups in total. The van der Waals surface area contributed by atoms with Gasteiger partial charge in [0.15, 0.2) is 11.6 Å². The summed E-state index contributed by atoms with van der Waals surface area (Å²) in [4.78, 5) is 25.6. The zero-order chi connectivity index (χ0) is 20.4. The van der Waals surface area contributed by atoms with Crippen molar-refractivity contribution < 1.29 is 4.79 Å². The van der Waals surface area contributed by atoms with Crippen molar-refractivity contribution in [1.29, 1.82) is 5.41 Å². The summed E-state index contributed by atoms with van der Waals surface area (Å²) in [6.45, 7) is 6.08. The monoisotopic (exact) mass is 378 g/mol. The molecule has 2 aromatic rings. The third kappa shape index (κ3) is 3.24. The number of hydrogen-bond acceptors (Lipinski definition) is 6. The van der Waals surface area contributed by atoms with Crippen LogP contribution in [0, 0.1) is 5.41 Å². The fourth-order valence-corrected chi connectivity index (χ4v) is 3.54. The van der Waals surface area contributed by atoms with E-state index >= 15 is 0 Å². The van der Waals surface area contributed by atoms with Gasteiger partial charge in [-0.25, -0.2) is 9.97 Å². The fraction of sp³-hybridized carbons (Fsp3) is 0.333. The number of likely N-dealkylation sites (N-methyl/N-ethyl adjacent to an activating group) is 1. The van der Waals surface area contributed by atoms with Gasteiger partial charge in [-0.1, -0.05) is 37.3 Å². The van der Waals surface area contributed by atoms with Crippen molar-refractivity contribution in [2.45, 2.75) is 39.3 Å². The molecule has 0 bridgehead atoms. The Morgan fingerprint density at radius 1 is 1.32 bits per heavy atom. The predicted molar refractivity (Wildman–Crippen MR) is 113 cm³/mol. The van der Waals surface area contributed by atoms with Crippen molar-refractivity contribution in [3.05, 3.63) is 47.9 Å². The average Bonchev–Trinajstić information content (AvgIpc) is 2.71. The number of aromatic nitrogens is 2. The molecule has 0 unspecified atom stereocenters. The van der Waals surface area contributed by atoms with Gasteiger partial charge < -0.3 is 20.9 Å². The summed E-state index contributed by atoms with van der Waals surface area (Å²) in [5, 5.41) is 7.88. The van der Waals surface area contributed by atoms with Crippen LogP contribution in [-0.2, 0) is 4.79 Å². The van der Waals surface area contributed by atoms with Gasteiger partial charge in [0.05, 0.1) is 17.5 Å².